The maximum atomic E-state index is 4.20. The summed E-state index contributed by atoms with van der Waals surface area (Å²) in [5.74, 6) is 0. The van der Waals surface area contributed by atoms with Crippen molar-refractivity contribution in [1.82, 2.24) is 0 Å². The van der Waals surface area contributed by atoms with E-state index < -0.39 is 0 Å². The number of aliphatic imine (C=N–C) groups is 1. The molecule has 0 aromatic rings. The zero-order valence-electron chi connectivity index (χ0n) is 5.33. The lowest BCUT2D eigenvalue weighted by Gasteiger charge is -1.84. The second kappa shape index (κ2) is 2.87. The van der Waals surface area contributed by atoms with Crippen LogP contribution >= 0.6 is 12.6 Å². The van der Waals surface area contributed by atoms with Crippen LogP contribution in [0.4, 0.5) is 0 Å². The molecule has 1 aliphatic rings. The molecule has 0 spiro atoms. The van der Waals surface area contributed by atoms with Crippen LogP contribution in [0.1, 0.15) is 13.3 Å². The van der Waals surface area contributed by atoms with Crippen LogP contribution in [0.5, 0.6) is 0 Å². The molecule has 0 saturated heterocycles. The Labute approximate surface area is 60.6 Å². The molecule has 1 nitrogen and oxygen atoms in total. The summed E-state index contributed by atoms with van der Waals surface area (Å²) in [6.45, 7) is 1.97. The van der Waals surface area contributed by atoms with Gasteiger partial charge in [0.2, 0.25) is 0 Å². The summed E-state index contributed by atoms with van der Waals surface area (Å²) in [6, 6.07) is 0. The molecule has 48 valence electrons. The van der Waals surface area contributed by atoms with Crippen molar-refractivity contribution in [2.75, 3.05) is 0 Å². The van der Waals surface area contributed by atoms with Gasteiger partial charge in [-0.15, -0.1) is 12.6 Å². The fraction of sp³-hybridized carbons (Fsp3) is 0.286. The highest BCUT2D eigenvalue weighted by molar-refractivity contribution is 7.84. The third-order valence-electron chi connectivity index (χ3n) is 1.11. The summed E-state index contributed by atoms with van der Waals surface area (Å²) in [6.07, 6.45) is 6.67. The van der Waals surface area contributed by atoms with Gasteiger partial charge >= 0.3 is 0 Å². The molecule has 0 aromatic heterocycles. The maximum absolute atomic E-state index is 4.20. The monoisotopic (exact) mass is 139 g/mol. The Hall–Kier alpha value is -0.500. The van der Waals surface area contributed by atoms with Crippen molar-refractivity contribution in [3.05, 3.63) is 22.8 Å². The van der Waals surface area contributed by atoms with Crippen molar-refractivity contribution in [3.63, 3.8) is 0 Å². The molecule has 0 saturated carbocycles. The Morgan fingerprint density at radius 3 is 3.11 bits per heavy atom. The predicted molar refractivity (Wildman–Crippen MR) is 43.9 cm³/mol. The summed E-state index contributed by atoms with van der Waals surface area (Å²) in [4.78, 5) is 5.17. The Morgan fingerprint density at radius 2 is 2.33 bits per heavy atom. The molecule has 9 heavy (non-hydrogen) atoms. The van der Waals surface area contributed by atoms with E-state index in [9.17, 15) is 0 Å². The predicted octanol–water partition coefficient (Wildman–Crippen LogP) is 2.18. The third-order valence-corrected chi connectivity index (χ3v) is 1.44. The standard InChI is InChI=1S/C7H9NS/c1-6-2-3-7(9)4-5-8-6/h2-3,5,9H,4H2,1H3. The smallest absolute Gasteiger partial charge is 0.0369 e. The molecule has 0 N–H and O–H groups in total. The molecule has 0 amide bonds. The number of rotatable bonds is 0. The van der Waals surface area contributed by atoms with Crippen LogP contribution < -0.4 is 0 Å². The molecule has 0 atom stereocenters. The van der Waals surface area contributed by atoms with Gasteiger partial charge in [0.15, 0.2) is 0 Å². The van der Waals surface area contributed by atoms with Crippen molar-refractivity contribution in [2.24, 2.45) is 4.99 Å². The number of nitrogens with zero attached hydrogens (tertiary/aromatic N) is 1. The first-order valence-corrected chi connectivity index (χ1v) is 3.33. The molecule has 0 aliphatic carbocycles. The van der Waals surface area contributed by atoms with Gasteiger partial charge in [-0.1, -0.05) is 6.08 Å². The fourth-order valence-corrected chi connectivity index (χ4v) is 0.767. The van der Waals surface area contributed by atoms with E-state index >= 15 is 0 Å². The molecule has 0 unspecified atom stereocenters. The fourth-order valence-electron chi connectivity index (χ4n) is 0.611. The Kier molecular flexibility index (Phi) is 2.11. The van der Waals surface area contributed by atoms with Crippen LogP contribution in [0.3, 0.4) is 0 Å². The molecular weight excluding hydrogens is 130 g/mol. The van der Waals surface area contributed by atoms with Gasteiger partial charge in [-0.25, -0.2) is 0 Å². The second-order valence-corrected chi connectivity index (χ2v) is 2.56. The van der Waals surface area contributed by atoms with Crippen LogP contribution in [0, 0.1) is 0 Å². The van der Waals surface area contributed by atoms with Gasteiger partial charge in [-0.05, 0) is 17.9 Å². The molecule has 1 rings (SSSR count). The Bertz CT molecular complexity index is 189. The maximum Gasteiger partial charge on any atom is 0.0369 e. The van der Waals surface area contributed by atoms with E-state index in [-0.39, 0.29) is 0 Å². The topological polar surface area (TPSA) is 12.4 Å². The Balaban J connectivity index is 2.80. The molecule has 0 bridgehead atoms. The summed E-state index contributed by atoms with van der Waals surface area (Å²) >= 11 is 4.20. The van der Waals surface area contributed by atoms with E-state index in [1.54, 1.807) is 0 Å². The first-order chi connectivity index (χ1) is 4.29. The highest BCUT2D eigenvalue weighted by Crippen LogP contribution is 2.09. The largest absolute Gasteiger partial charge is 0.266 e. The number of thiol groups is 1. The van der Waals surface area contributed by atoms with Crippen molar-refractivity contribution >= 4 is 18.8 Å². The minimum absolute atomic E-state index is 0.858. The molecule has 1 heterocycles. The van der Waals surface area contributed by atoms with Crippen LogP contribution in [0.25, 0.3) is 0 Å². The first-order valence-electron chi connectivity index (χ1n) is 2.88. The molecule has 1 aliphatic heterocycles. The number of allylic oxidation sites excluding steroid dienone is 4. The second-order valence-electron chi connectivity index (χ2n) is 1.98. The minimum atomic E-state index is 0.858. The quantitative estimate of drug-likeness (QED) is 0.494. The van der Waals surface area contributed by atoms with Crippen LogP contribution in [0.2, 0.25) is 0 Å². The summed E-state index contributed by atoms with van der Waals surface area (Å²) in [5, 5.41) is 0. The van der Waals surface area contributed by atoms with Gasteiger partial charge in [-0.3, -0.25) is 4.99 Å². The zero-order valence-corrected chi connectivity index (χ0v) is 6.23. The van der Waals surface area contributed by atoms with Gasteiger partial charge in [0.1, 0.15) is 0 Å². The van der Waals surface area contributed by atoms with Crippen LogP contribution in [-0.4, -0.2) is 6.21 Å². The summed E-state index contributed by atoms with van der Waals surface area (Å²) < 4.78 is 0. The summed E-state index contributed by atoms with van der Waals surface area (Å²) in [7, 11) is 0. The minimum Gasteiger partial charge on any atom is -0.266 e. The lowest BCUT2D eigenvalue weighted by molar-refractivity contribution is 1.31. The van der Waals surface area contributed by atoms with E-state index in [0.717, 1.165) is 17.0 Å². The van der Waals surface area contributed by atoms with Gasteiger partial charge in [0.25, 0.3) is 0 Å². The van der Waals surface area contributed by atoms with Gasteiger partial charge in [0, 0.05) is 18.3 Å². The van der Waals surface area contributed by atoms with E-state index in [2.05, 4.69) is 17.6 Å². The lowest BCUT2D eigenvalue weighted by Crippen LogP contribution is -1.71. The lowest BCUT2D eigenvalue weighted by atomic mass is 10.4. The molecule has 2 heteroatoms. The molecule has 0 aromatic carbocycles. The average Bonchev–Trinajstić information content (AvgIpc) is 1.97. The normalized spacial score (nSPS) is 18.4. The number of hydrogen-bond donors (Lipinski definition) is 1. The summed E-state index contributed by atoms with van der Waals surface area (Å²) in [5.41, 5.74) is 1.04. The van der Waals surface area contributed by atoms with Crippen molar-refractivity contribution in [3.8, 4) is 0 Å². The number of hydrogen-bond acceptors (Lipinski definition) is 2. The molecular formula is C7H9NS. The highest BCUT2D eigenvalue weighted by Gasteiger charge is 1.90. The van der Waals surface area contributed by atoms with E-state index in [0.29, 0.717) is 0 Å². The van der Waals surface area contributed by atoms with E-state index in [4.69, 9.17) is 0 Å². The molecule has 0 fully saturated rings. The van der Waals surface area contributed by atoms with Gasteiger partial charge in [0.05, 0.1) is 0 Å². The van der Waals surface area contributed by atoms with Crippen LogP contribution in [-0.2, 0) is 0 Å². The molecule has 0 radical (unpaired) electrons. The van der Waals surface area contributed by atoms with Crippen molar-refractivity contribution < 1.29 is 0 Å². The van der Waals surface area contributed by atoms with E-state index in [1.807, 2.05) is 25.3 Å². The first kappa shape index (κ1) is 6.62. The van der Waals surface area contributed by atoms with Crippen LogP contribution in [0.15, 0.2) is 27.7 Å². The highest BCUT2D eigenvalue weighted by atomic mass is 32.1. The van der Waals surface area contributed by atoms with Gasteiger partial charge in [-0.2, -0.15) is 0 Å². The van der Waals surface area contributed by atoms with Gasteiger partial charge < -0.3 is 0 Å². The van der Waals surface area contributed by atoms with Crippen molar-refractivity contribution in [2.45, 2.75) is 13.3 Å². The third kappa shape index (κ3) is 2.06. The van der Waals surface area contributed by atoms with Crippen molar-refractivity contribution in [1.29, 1.82) is 0 Å². The SMILES string of the molecule is CC1=CC=C(S)CC=N1. The zero-order chi connectivity index (χ0) is 6.69. The Morgan fingerprint density at radius 1 is 1.56 bits per heavy atom. The van der Waals surface area contributed by atoms with E-state index in [1.165, 1.54) is 0 Å². The average molecular weight is 139 g/mol.